The van der Waals surface area contributed by atoms with Gasteiger partial charge in [-0.15, -0.1) is 0 Å². The average Bonchev–Trinajstić information content (AvgIpc) is 2.07. The summed E-state index contributed by atoms with van der Waals surface area (Å²) in [5.74, 6) is 0.612. The molecule has 0 bridgehead atoms. The fraction of sp³-hybridized carbons (Fsp3) is 0.500. The Labute approximate surface area is 68.5 Å². The Bertz CT molecular complexity index is 193. The third-order valence-electron chi connectivity index (χ3n) is 1.91. The highest BCUT2D eigenvalue weighted by atomic mass is 14.7. The van der Waals surface area contributed by atoms with Gasteiger partial charge in [-0.3, -0.25) is 4.98 Å². The Morgan fingerprint density at radius 2 is 2.27 bits per heavy atom. The minimum Gasteiger partial charge on any atom is -0.261 e. The Hall–Kier alpha value is -0.850. The molecular formula is C10H15N. The number of aromatic nitrogens is 1. The van der Waals surface area contributed by atoms with Crippen molar-refractivity contribution in [2.45, 2.75) is 32.6 Å². The van der Waals surface area contributed by atoms with Crippen LogP contribution in [-0.2, 0) is 0 Å². The summed E-state index contributed by atoms with van der Waals surface area (Å²) in [6.07, 6.45) is 4.33. The van der Waals surface area contributed by atoms with Crippen LogP contribution in [-0.4, -0.2) is 4.98 Å². The molecule has 0 unspecified atom stereocenters. The minimum absolute atomic E-state index is 0.612. The minimum atomic E-state index is 0.612. The summed E-state index contributed by atoms with van der Waals surface area (Å²) >= 11 is 0. The molecule has 0 N–H and O–H groups in total. The maximum atomic E-state index is 4.30. The zero-order chi connectivity index (χ0) is 8.10. The lowest BCUT2D eigenvalue weighted by Crippen LogP contribution is -1.94. The van der Waals surface area contributed by atoms with E-state index in [1.54, 1.807) is 0 Å². The molecule has 0 spiro atoms. The van der Waals surface area contributed by atoms with Crippen LogP contribution in [0.4, 0.5) is 0 Å². The second-order valence-electron chi connectivity index (χ2n) is 2.94. The van der Waals surface area contributed by atoms with Crippen LogP contribution in [0.3, 0.4) is 0 Å². The lowest BCUT2D eigenvalue weighted by molar-refractivity contribution is 0.647. The molecule has 0 radical (unpaired) electrons. The molecule has 1 rings (SSSR count). The maximum absolute atomic E-state index is 4.30. The van der Waals surface area contributed by atoms with Crippen LogP contribution in [0.1, 0.15) is 38.3 Å². The molecule has 60 valence electrons. The first-order valence-corrected chi connectivity index (χ1v) is 4.25. The number of rotatable bonds is 3. The van der Waals surface area contributed by atoms with Crippen molar-refractivity contribution in [3.05, 3.63) is 30.1 Å². The molecule has 0 aliphatic carbocycles. The largest absolute Gasteiger partial charge is 0.261 e. The van der Waals surface area contributed by atoms with Gasteiger partial charge in [-0.05, 0) is 24.5 Å². The molecule has 0 saturated heterocycles. The maximum Gasteiger partial charge on any atom is 0.0431 e. The molecule has 11 heavy (non-hydrogen) atoms. The predicted molar refractivity (Wildman–Crippen MR) is 47.6 cm³/mol. The summed E-state index contributed by atoms with van der Waals surface area (Å²) in [5.41, 5.74) is 1.22. The first-order valence-electron chi connectivity index (χ1n) is 4.25. The zero-order valence-electron chi connectivity index (χ0n) is 7.25. The Balaban J connectivity index is 2.61. The van der Waals surface area contributed by atoms with Crippen LogP contribution in [0.2, 0.25) is 0 Å². The van der Waals surface area contributed by atoms with E-state index in [9.17, 15) is 0 Å². The Morgan fingerprint density at radius 1 is 1.45 bits per heavy atom. The smallest absolute Gasteiger partial charge is 0.0431 e. The molecular weight excluding hydrogens is 134 g/mol. The van der Waals surface area contributed by atoms with E-state index >= 15 is 0 Å². The topological polar surface area (TPSA) is 12.9 Å². The van der Waals surface area contributed by atoms with Crippen LogP contribution in [0.5, 0.6) is 0 Å². The Kier molecular flexibility index (Phi) is 3.09. The van der Waals surface area contributed by atoms with Gasteiger partial charge in [0, 0.05) is 11.9 Å². The molecule has 0 aromatic carbocycles. The quantitative estimate of drug-likeness (QED) is 0.643. The van der Waals surface area contributed by atoms with Gasteiger partial charge < -0.3 is 0 Å². The summed E-state index contributed by atoms with van der Waals surface area (Å²) in [6, 6.07) is 6.11. The second-order valence-corrected chi connectivity index (χ2v) is 2.94. The van der Waals surface area contributed by atoms with Crippen LogP contribution < -0.4 is 0 Å². The third kappa shape index (κ3) is 2.34. The summed E-state index contributed by atoms with van der Waals surface area (Å²) in [6.45, 7) is 4.44. The van der Waals surface area contributed by atoms with E-state index < -0.39 is 0 Å². The lowest BCUT2D eigenvalue weighted by Gasteiger charge is -2.07. The van der Waals surface area contributed by atoms with Gasteiger partial charge in [-0.25, -0.2) is 0 Å². The van der Waals surface area contributed by atoms with Crippen molar-refractivity contribution in [3.63, 3.8) is 0 Å². The monoisotopic (exact) mass is 149 g/mol. The predicted octanol–water partition coefficient (Wildman–Crippen LogP) is 2.99. The highest BCUT2D eigenvalue weighted by molar-refractivity contribution is 5.07. The van der Waals surface area contributed by atoms with Gasteiger partial charge in [0.1, 0.15) is 0 Å². The van der Waals surface area contributed by atoms with Gasteiger partial charge in [0.25, 0.3) is 0 Å². The molecule has 0 aliphatic rings. The van der Waals surface area contributed by atoms with Crippen molar-refractivity contribution in [2.24, 2.45) is 0 Å². The van der Waals surface area contributed by atoms with E-state index in [-0.39, 0.29) is 0 Å². The van der Waals surface area contributed by atoms with Gasteiger partial charge in [0.05, 0.1) is 0 Å². The SMILES string of the molecule is CCC[C@@H](C)c1ccccn1. The van der Waals surface area contributed by atoms with Crippen molar-refractivity contribution in [2.75, 3.05) is 0 Å². The van der Waals surface area contributed by atoms with Crippen molar-refractivity contribution >= 4 is 0 Å². The molecule has 0 fully saturated rings. The van der Waals surface area contributed by atoms with E-state index in [0.29, 0.717) is 5.92 Å². The average molecular weight is 149 g/mol. The molecule has 1 atom stereocenters. The first-order chi connectivity index (χ1) is 5.34. The number of hydrogen-bond donors (Lipinski definition) is 0. The summed E-state index contributed by atoms with van der Waals surface area (Å²) in [4.78, 5) is 4.30. The first kappa shape index (κ1) is 8.25. The van der Waals surface area contributed by atoms with Crippen molar-refractivity contribution in [1.29, 1.82) is 0 Å². The van der Waals surface area contributed by atoms with E-state index in [2.05, 4.69) is 31.0 Å². The van der Waals surface area contributed by atoms with Gasteiger partial charge in [-0.2, -0.15) is 0 Å². The molecule has 0 aliphatic heterocycles. The number of nitrogens with zero attached hydrogens (tertiary/aromatic N) is 1. The van der Waals surface area contributed by atoms with E-state index in [1.165, 1.54) is 18.5 Å². The summed E-state index contributed by atoms with van der Waals surface area (Å²) < 4.78 is 0. The summed E-state index contributed by atoms with van der Waals surface area (Å²) in [5, 5.41) is 0. The number of pyridine rings is 1. The number of hydrogen-bond acceptors (Lipinski definition) is 1. The van der Waals surface area contributed by atoms with Gasteiger partial charge in [0.2, 0.25) is 0 Å². The van der Waals surface area contributed by atoms with Crippen molar-refractivity contribution < 1.29 is 0 Å². The van der Waals surface area contributed by atoms with Crippen molar-refractivity contribution in [1.82, 2.24) is 4.98 Å². The molecule has 1 aromatic heterocycles. The van der Waals surface area contributed by atoms with E-state index in [4.69, 9.17) is 0 Å². The molecule has 1 aromatic rings. The highest BCUT2D eigenvalue weighted by Gasteiger charge is 2.02. The molecule has 1 heteroatoms. The van der Waals surface area contributed by atoms with Crippen LogP contribution in [0.15, 0.2) is 24.4 Å². The van der Waals surface area contributed by atoms with E-state index in [1.807, 2.05) is 12.3 Å². The standard InChI is InChI=1S/C10H15N/c1-3-6-9(2)10-7-4-5-8-11-10/h4-5,7-9H,3,6H2,1-2H3/t9-/m1/s1. The highest BCUT2D eigenvalue weighted by Crippen LogP contribution is 2.16. The van der Waals surface area contributed by atoms with Crippen LogP contribution in [0.25, 0.3) is 0 Å². The van der Waals surface area contributed by atoms with Gasteiger partial charge >= 0.3 is 0 Å². The summed E-state index contributed by atoms with van der Waals surface area (Å²) in [7, 11) is 0. The molecule has 0 amide bonds. The van der Waals surface area contributed by atoms with Crippen LogP contribution >= 0.6 is 0 Å². The molecule has 1 heterocycles. The van der Waals surface area contributed by atoms with Crippen LogP contribution in [0, 0.1) is 0 Å². The third-order valence-corrected chi connectivity index (χ3v) is 1.91. The molecule has 0 saturated carbocycles. The lowest BCUT2D eigenvalue weighted by atomic mass is 10.0. The second kappa shape index (κ2) is 4.12. The zero-order valence-corrected chi connectivity index (χ0v) is 7.25. The normalized spacial score (nSPS) is 12.9. The Morgan fingerprint density at radius 3 is 2.82 bits per heavy atom. The van der Waals surface area contributed by atoms with E-state index in [0.717, 1.165) is 0 Å². The fourth-order valence-electron chi connectivity index (χ4n) is 1.25. The van der Waals surface area contributed by atoms with Gasteiger partial charge in [0.15, 0.2) is 0 Å². The molecule has 1 nitrogen and oxygen atoms in total. The van der Waals surface area contributed by atoms with Crippen molar-refractivity contribution in [3.8, 4) is 0 Å². The van der Waals surface area contributed by atoms with Gasteiger partial charge in [-0.1, -0.05) is 26.3 Å². The fourth-order valence-corrected chi connectivity index (χ4v) is 1.25.